The number of hydrogen-bond acceptors (Lipinski definition) is 7. The number of imidazole rings is 1. The van der Waals surface area contributed by atoms with Gasteiger partial charge in [0, 0.05) is 0 Å². The van der Waals surface area contributed by atoms with Crippen molar-refractivity contribution in [3.63, 3.8) is 0 Å². The van der Waals surface area contributed by atoms with Gasteiger partial charge >= 0.3 is 0 Å². The summed E-state index contributed by atoms with van der Waals surface area (Å²) >= 11 is 6.29. The summed E-state index contributed by atoms with van der Waals surface area (Å²) in [6.45, 7) is 1.58. The van der Waals surface area contributed by atoms with Gasteiger partial charge < -0.3 is 18.9 Å². The van der Waals surface area contributed by atoms with E-state index in [2.05, 4.69) is 15.2 Å². The molecule has 4 atom stereocenters. The number of hydrogen-bond donors (Lipinski definition) is 0. The van der Waals surface area contributed by atoms with E-state index in [1.807, 2.05) is 95.6 Å². The highest BCUT2D eigenvalue weighted by Crippen LogP contribution is 2.37. The van der Waals surface area contributed by atoms with Crippen LogP contribution in [-0.4, -0.2) is 44.7 Å². The van der Waals surface area contributed by atoms with Gasteiger partial charge in [-0.3, -0.25) is 4.57 Å². The Morgan fingerprint density at radius 1 is 0.750 bits per heavy atom. The molecule has 1 fully saturated rings. The van der Waals surface area contributed by atoms with Gasteiger partial charge in [-0.1, -0.05) is 103 Å². The first-order chi connectivity index (χ1) is 19.8. The van der Waals surface area contributed by atoms with E-state index in [9.17, 15) is 0 Å². The first-order valence-electron chi connectivity index (χ1n) is 13.2. The average Bonchev–Trinajstić information content (AvgIpc) is 3.58. The van der Waals surface area contributed by atoms with Crippen molar-refractivity contribution >= 4 is 22.6 Å². The van der Waals surface area contributed by atoms with Crippen LogP contribution in [0.2, 0.25) is 5.15 Å². The standard InChI is InChI=1S/C31H29ClN4O4/c32-30-27-25(16-34-35-30)36(21-33-27)31-29(39-19-24-14-8-3-9-15-24)28(38-18-23-12-6-2-7-13-23)26(40-31)20-37-17-22-10-4-1-5-11-22/h1-16,21,26,28-29,31H,17-20H2/t26-,28-,29-,31-/m1/s1. The zero-order valence-electron chi connectivity index (χ0n) is 21.8. The van der Waals surface area contributed by atoms with Gasteiger partial charge in [0.25, 0.3) is 0 Å². The molecule has 0 N–H and O–H groups in total. The molecule has 6 rings (SSSR count). The predicted octanol–water partition coefficient (Wildman–Crippen LogP) is 5.76. The Kier molecular flexibility index (Phi) is 8.42. The van der Waals surface area contributed by atoms with Crippen LogP contribution in [0.15, 0.2) is 104 Å². The highest BCUT2D eigenvalue weighted by molar-refractivity contribution is 6.33. The van der Waals surface area contributed by atoms with Crippen molar-refractivity contribution in [2.24, 2.45) is 0 Å². The Bertz CT molecular complexity index is 1500. The third-order valence-electron chi connectivity index (χ3n) is 6.88. The molecule has 3 aromatic carbocycles. The van der Waals surface area contributed by atoms with Crippen molar-refractivity contribution in [2.75, 3.05) is 6.61 Å². The minimum atomic E-state index is -0.555. The zero-order valence-corrected chi connectivity index (χ0v) is 22.5. The molecule has 0 unspecified atom stereocenters. The fourth-order valence-electron chi connectivity index (χ4n) is 4.89. The van der Waals surface area contributed by atoms with Gasteiger partial charge in [0.1, 0.15) is 23.8 Å². The third-order valence-corrected chi connectivity index (χ3v) is 7.13. The van der Waals surface area contributed by atoms with Gasteiger partial charge in [-0.25, -0.2) is 4.98 Å². The van der Waals surface area contributed by atoms with E-state index in [0.29, 0.717) is 37.5 Å². The van der Waals surface area contributed by atoms with E-state index in [0.717, 1.165) is 16.7 Å². The van der Waals surface area contributed by atoms with E-state index in [1.165, 1.54) is 0 Å². The number of fused-ring (bicyclic) bond motifs is 1. The fraction of sp³-hybridized carbons (Fsp3) is 0.258. The van der Waals surface area contributed by atoms with Gasteiger partial charge in [0.2, 0.25) is 0 Å². The van der Waals surface area contributed by atoms with Gasteiger partial charge in [-0.15, -0.1) is 5.10 Å². The summed E-state index contributed by atoms with van der Waals surface area (Å²) < 4.78 is 27.8. The van der Waals surface area contributed by atoms with Gasteiger partial charge in [-0.05, 0) is 16.7 Å². The van der Waals surface area contributed by atoms with Crippen molar-refractivity contribution in [1.29, 1.82) is 0 Å². The molecule has 204 valence electrons. The van der Waals surface area contributed by atoms with E-state index < -0.39 is 24.5 Å². The number of rotatable bonds is 11. The maximum Gasteiger partial charge on any atom is 0.179 e. The fourth-order valence-corrected chi connectivity index (χ4v) is 5.08. The van der Waals surface area contributed by atoms with E-state index in [4.69, 9.17) is 30.5 Å². The maximum absolute atomic E-state index is 6.65. The van der Waals surface area contributed by atoms with Crippen molar-refractivity contribution in [3.8, 4) is 0 Å². The summed E-state index contributed by atoms with van der Waals surface area (Å²) in [4.78, 5) is 4.48. The molecule has 40 heavy (non-hydrogen) atoms. The molecule has 3 heterocycles. The summed E-state index contributed by atoms with van der Waals surface area (Å²) in [6.07, 6.45) is 1.46. The Morgan fingerprint density at radius 3 is 1.95 bits per heavy atom. The highest BCUT2D eigenvalue weighted by Gasteiger charge is 2.48. The number of nitrogens with zero attached hydrogens (tertiary/aromatic N) is 4. The summed E-state index contributed by atoms with van der Waals surface area (Å²) in [5, 5.41) is 8.20. The van der Waals surface area contributed by atoms with Crippen molar-refractivity contribution in [3.05, 3.63) is 125 Å². The number of aromatic nitrogens is 4. The van der Waals surface area contributed by atoms with Crippen LogP contribution in [0.3, 0.4) is 0 Å². The van der Waals surface area contributed by atoms with Crippen molar-refractivity contribution < 1.29 is 18.9 Å². The second kappa shape index (κ2) is 12.7. The van der Waals surface area contributed by atoms with Gasteiger partial charge in [0.05, 0.1) is 44.5 Å². The minimum absolute atomic E-state index is 0.232. The largest absolute Gasteiger partial charge is 0.374 e. The minimum Gasteiger partial charge on any atom is -0.374 e. The van der Waals surface area contributed by atoms with Crippen LogP contribution < -0.4 is 0 Å². The molecular formula is C31H29ClN4O4. The summed E-state index contributed by atoms with van der Waals surface area (Å²) in [7, 11) is 0. The summed E-state index contributed by atoms with van der Waals surface area (Å²) in [5.41, 5.74) is 4.45. The lowest BCUT2D eigenvalue weighted by Crippen LogP contribution is -2.38. The molecule has 0 aliphatic carbocycles. The molecule has 8 nitrogen and oxygen atoms in total. The Labute approximate surface area is 237 Å². The highest BCUT2D eigenvalue weighted by atomic mass is 35.5. The molecule has 0 spiro atoms. The Morgan fingerprint density at radius 2 is 1.32 bits per heavy atom. The SMILES string of the molecule is Clc1nncc2c1ncn2[C@@H]1O[C@H](COCc2ccccc2)[C@@H](OCc2ccccc2)[C@H]1OCc1ccccc1. The third kappa shape index (κ3) is 6.06. The lowest BCUT2D eigenvalue weighted by molar-refractivity contribution is -0.0913. The average molecular weight is 557 g/mol. The van der Waals surface area contributed by atoms with Crippen LogP contribution in [0.1, 0.15) is 22.9 Å². The van der Waals surface area contributed by atoms with E-state index in [-0.39, 0.29) is 5.15 Å². The molecule has 0 amide bonds. The smallest absolute Gasteiger partial charge is 0.179 e. The Balaban J connectivity index is 1.29. The molecule has 9 heteroatoms. The molecule has 0 bridgehead atoms. The van der Waals surface area contributed by atoms with Crippen LogP contribution in [0.5, 0.6) is 0 Å². The first kappa shape index (κ1) is 26.6. The number of benzene rings is 3. The molecule has 5 aromatic rings. The monoisotopic (exact) mass is 556 g/mol. The molecule has 1 saturated heterocycles. The molecule has 1 aliphatic rings. The lowest BCUT2D eigenvalue weighted by atomic mass is 10.1. The van der Waals surface area contributed by atoms with Gasteiger partial charge in [0.15, 0.2) is 11.4 Å². The predicted molar refractivity (Wildman–Crippen MR) is 150 cm³/mol. The Hall–Kier alpha value is -3.66. The molecule has 1 aliphatic heterocycles. The van der Waals surface area contributed by atoms with E-state index >= 15 is 0 Å². The molecule has 2 aromatic heterocycles. The molecular weight excluding hydrogens is 528 g/mol. The van der Waals surface area contributed by atoms with Crippen LogP contribution in [0.25, 0.3) is 11.0 Å². The van der Waals surface area contributed by atoms with E-state index in [1.54, 1.807) is 12.5 Å². The molecule has 0 saturated carbocycles. The first-order valence-corrected chi connectivity index (χ1v) is 13.6. The maximum atomic E-state index is 6.65. The van der Waals surface area contributed by atoms with Gasteiger partial charge in [-0.2, -0.15) is 5.10 Å². The quantitative estimate of drug-likeness (QED) is 0.204. The lowest BCUT2D eigenvalue weighted by Gasteiger charge is -2.25. The normalized spacial score (nSPS) is 20.7. The van der Waals surface area contributed by atoms with Crippen LogP contribution in [0, 0.1) is 0 Å². The van der Waals surface area contributed by atoms with Crippen LogP contribution in [0.4, 0.5) is 0 Å². The van der Waals surface area contributed by atoms with Crippen molar-refractivity contribution in [1.82, 2.24) is 19.7 Å². The number of ether oxygens (including phenoxy) is 4. The number of halogens is 1. The van der Waals surface area contributed by atoms with Crippen LogP contribution >= 0.6 is 11.6 Å². The summed E-state index contributed by atoms with van der Waals surface area (Å²) in [6, 6.07) is 30.2. The zero-order chi connectivity index (χ0) is 27.1. The second-order valence-corrected chi connectivity index (χ2v) is 9.97. The summed E-state index contributed by atoms with van der Waals surface area (Å²) in [5.74, 6) is 0. The molecule has 0 radical (unpaired) electrons. The second-order valence-electron chi connectivity index (χ2n) is 9.61. The van der Waals surface area contributed by atoms with Crippen LogP contribution in [-0.2, 0) is 38.8 Å². The van der Waals surface area contributed by atoms with Crippen molar-refractivity contribution in [2.45, 2.75) is 44.4 Å². The topological polar surface area (TPSA) is 80.5 Å².